The van der Waals surface area contributed by atoms with Gasteiger partial charge >= 0.3 is 0 Å². The summed E-state index contributed by atoms with van der Waals surface area (Å²) in [5.41, 5.74) is 6.08. The molecule has 15 heavy (non-hydrogen) atoms. The summed E-state index contributed by atoms with van der Waals surface area (Å²) in [7, 11) is 1.84. The molecule has 0 aliphatic carbocycles. The molecule has 4 N–H and O–H groups in total. The van der Waals surface area contributed by atoms with Gasteiger partial charge in [-0.1, -0.05) is 0 Å². The van der Waals surface area contributed by atoms with Crippen LogP contribution in [0.2, 0.25) is 0 Å². The number of anilines is 1. The van der Waals surface area contributed by atoms with Gasteiger partial charge in [-0.25, -0.2) is 0 Å². The Bertz CT molecular complexity index is 289. The molecular formula is C9H18N4O2. The van der Waals surface area contributed by atoms with E-state index in [0.29, 0.717) is 25.3 Å². The smallest absolute Gasteiger partial charge is 0.0862 e. The molecule has 1 atom stereocenters. The lowest BCUT2D eigenvalue weighted by molar-refractivity contribution is 0.0976. The number of hydrogen-bond donors (Lipinski definition) is 3. The summed E-state index contributed by atoms with van der Waals surface area (Å²) in [5, 5.41) is 22.3. The van der Waals surface area contributed by atoms with E-state index >= 15 is 0 Å². The highest BCUT2D eigenvalue weighted by Crippen LogP contribution is 2.00. The van der Waals surface area contributed by atoms with Crippen LogP contribution in [0.1, 0.15) is 0 Å². The third kappa shape index (κ3) is 4.28. The van der Waals surface area contributed by atoms with E-state index in [0.717, 1.165) is 0 Å². The SMILES string of the molecule is CN(CCO)CC(O)Cn1cc(N)cn1. The molecule has 1 aromatic heterocycles. The molecule has 1 rings (SSSR count). The quantitative estimate of drug-likeness (QED) is 0.551. The van der Waals surface area contributed by atoms with Crippen LogP contribution in [0.5, 0.6) is 0 Å². The summed E-state index contributed by atoms with van der Waals surface area (Å²) in [6.07, 6.45) is 2.71. The second kappa shape index (κ2) is 5.69. The fraction of sp³-hybridized carbons (Fsp3) is 0.667. The summed E-state index contributed by atoms with van der Waals surface area (Å²) < 4.78 is 1.60. The van der Waals surface area contributed by atoms with Crippen molar-refractivity contribution in [1.82, 2.24) is 14.7 Å². The van der Waals surface area contributed by atoms with Crippen LogP contribution in [0.15, 0.2) is 12.4 Å². The highest BCUT2D eigenvalue weighted by molar-refractivity contribution is 5.30. The number of aliphatic hydroxyl groups is 2. The van der Waals surface area contributed by atoms with Crippen LogP contribution in [-0.4, -0.2) is 57.7 Å². The zero-order valence-electron chi connectivity index (χ0n) is 8.87. The topological polar surface area (TPSA) is 87.5 Å². The number of likely N-dealkylation sites (N-methyl/N-ethyl adjacent to an activating group) is 1. The van der Waals surface area contributed by atoms with Gasteiger partial charge in [0, 0.05) is 19.3 Å². The van der Waals surface area contributed by atoms with Crippen molar-refractivity contribution in [3.8, 4) is 0 Å². The van der Waals surface area contributed by atoms with Crippen molar-refractivity contribution >= 4 is 5.69 Å². The van der Waals surface area contributed by atoms with Gasteiger partial charge in [0.2, 0.25) is 0 Å². The highest BCUT2D eigenvalue weighted by atomic mass is 16.3. The van der Waals surface area contributed by atoms with E-state index in [4.69, 9.17) is 10.8 Å². The lowest BCUT2D eigenvalue weighted by Gasteiger charge is -2.19. The van der Waals surface area contributed by atoms with Crippen molar-refractivity contribution in [1.29, 1.82) is 0 Å². The van der Waals surface area contributed by atoms with Crippen molar-refractivity contribution in [2.24, 2.45) is 0 Å². The van der Waals surface area contributed by atoms with E-state index in [2.05, 4.69) is 5.10 Å². The van der Waals surface area contributed by atoms with Crippen molar-refractivity contribution in [2.45, 2.75) is 12.6 Å². The van der Waals surface area contributed by atoms with Gasteiger partial charge in [-0.15, -0.1) is 0 Å². The minimum Gasteiger partial charge on any atom is -0.396 e. The summed E-state index contributed by atoms with van der Waals surface area (Å²) in [4.78, 5) is 1.86. The van der Waals surface area contributed by atoms with Gasteiger partial charge in [0.1, 0.15) is 0 Å². The first kappa shape index (κ1) is 12.0. The number of rotatable bonds is 6. The Morgan fingerprint density at radius 1 is 1.67 bits per heavy atom. The van der Waals surface area contributed by atoms with Gasteiger partial charge < -0.3 is 20.8 Å². The first-order chi connectivity index (χ1) is 7.11. The van der Waals surface area contributed by atoms with E-state index in [1.54, 1.807) is 17.1 Å². The Balaban J connectivity index is 2.32. The molecule has 0 fully saturated rings. The summed E-state index contributed by atoms with van der Waals surface area (Å²) in [5.74, 6) is 0. The second-order valence-electron chi connectivity index (χ2n) is 3.64. The third-order valence-corrected chi connectivity index (χ3v) is 2.06. The Morgan fingerprint density at radius 2 is 2.40 bits per heavy atom. The van der Waals surface area contributed by atoms with E-state index in [9.17, 15) is 5.11 Å². The van der Waals surface area contributed by atoms with Crippen LogP contribution >= 0.6 is 0 Å². The molecule has 86 valence electrons. The maximum atomic E-state index is 9.68. The van der Waals surface area contributed by atoms with E-state index < -0.39 is 6.10 Å². The molecule has 0 aliphatic rings. The van der Waals surface area contributed by atoms with E-state index in [-0.39, 0.29) is 6.61 Å². The fourth-order valence-electron chi connectivity index (χ4n) is 1.37. The minimum atomic E-state index is -0.513. The molecule has 1 unspecified atom stereocenters. The first-order valence-corrected chi connectivity index (χ1v) is 4.87. The molecule has 6 nitrogen and oxygen atoms in total. The molecular weight excluding hydrogens is 196 g/mol. The number of nitrogens with zero attached hydrogens (tertiary/aromatic N) is 3. The molecule has 0 bridgehead atoms. The van der Waals surface area contributed by atoms with Gasteiger partial charge in [0.05, 0.1) is 31.1 Å². The maximum absolute atomic E-state index is 9.68. The van der Waals surface area contributed by atoms with Gasteiger partial charge in [0.25, 0.3) is 0 Å². The normalized spacial score (nSPS) is 13.3. The summed E-state index contributed by atoms with van der Waals surface area (Å²) >= 11 is 0. The predicted octanol–water partition coefficient (Wildman–Crippen LogP) is -1.25. The Labute approximate surface area is 88.9 Å². The van der Waals surface area contributed by atoms with Crippen LogP contribution in [0.25, 0.3) is 0 Å². The van der Waals surface area contributed by atoms with Crippen molar-refractivity contribution < 1.29 is 10.2 Å². The first-order valence-electron chi connectivity index (χ1n) is 4.87. The fourth-order valence-corrected chi connectivity index (χ4v) is 1.37. The third-order valence-electron chi connectivity index (χ3n) is 2.06. The largest absolute Gasteiger partial charge is 0.396 e. The molecule has 6 heteroatoms. The van der Waals surface area contributed by atoms with Gasteiger partial charge in [-0.3, -0.25) is 4.68 Å². The standard InChI is InChI=1S/C9H18N4O2/c1-12(2-3-14)6-9(15)7-13-5-8(10)4-11-13/h4-5,9,14-15H,2-3,6-7,10H2,1H3. The van der Waals surface area contributed by atoms with Crippen molar-refractivity contribution in [3.05, 3.63) is 12.4 Å². The van der Waals surface area contributed by atoms with E-state index in [1.807, 2.05) is 11.9 Å². The summed E-state index contributed by atoms with van der Waals surface area (Å²) in [6.45, 7) is 1.56. The molecule has 0 saturated carbocycles. The molecule has 0 aromatic carbocycles. The van der Waals surface area contributed by atoms with Gasteiger partial charge in [-0.05, 0) is 7.05 Å². The zero-order chi connectivity index (χ0) is 11.3. The van der Waals surface area contributed by atoms with E-state index in [1.165, 1.54) is 0 Å². The number of nitrogen functional groups attached to an aromatic ring is 1. The monoisotopic (exact) mass is 214 g/mol. The molecule has 0 radical (unpaired) electrons. The molecule has 0 amide bonds. The average molecular weight is 214 g/mol. The Hall–Kier alpha value is -1.11. The molecule has 0 spiro atoms. The molecule has 0 saturated heterocycles. The number of aliphatic hydroxyl groups excluding tert-OH is 2. The Morgan fingerprint density at radius 3 is 2.93 bits per heavy atom. The van der Waals surface area contributed by atoms with Crippen LogP contribution in [0.3, 0.4) is 0 Å². The average Bonchev–Trinajstić information content (AvgIpc) is 2.51. The van der Waals surface area contributed by atoms with Crippen LogP contribution in [-0.2, 0) is 6.54 Å². The minimum absolute atomic E-state index is 0.0952. The lowest BCUT2D eigenvalue weighted by atomic mass is 10.3. The van der Waals surface area contributed by atoms with Gasteiger partial charge in [-0.2, -0.15) is 5.10 Å². The maximum Gasteiger partial charge on any atom is 0.0862 e. The summed E-state index contributed by atoms with van der Waals surface area (Å²) in [6, 6.07) is 0. The Kier molecular flexibility index (Phi) is 4.54. The predicted molar refractivity (Wildman–Crippen MR) is 57.2 cm³/mol. The van der Waals surface area contributed by atoms with Gasteiger partial charge in [0.15, 0.2) is 0 Å². The number of aromatic nitrogens is 2. The highest BCUT2D eigenvalue weighted by Gasteiger charge is 2.09. The van der Waals surface area contributed by atoms with Crippen molar-refractivity contribution in [2.75, 3.05) is 32.5 Å². The zero-order valence-corrected chi connectivity index (χ0v) is 8.87. The van der Waals surface area contributed by atoms with Crippen molar-refractivity contribution in [3.63, 3.8) is 0 Å². The molecule has 0 aliphatic heterocycles. The van der Waals surface area contributed by atoms with Crippen LogP contribution in [0, 0.1) is 0 Å². The molecule has 1 aromatic rings. The van der Waals surface area contributed by atoms with Crippen LogP contribution < -0.4 is 5.73 Å². The second-order valence-corrected chi connectivity index (χ2v) is 3.64. The lowest BCUT2D eigenvalue weighted by Crippen LogP contribution is -2.33. The number of hydrogen-bond acceptors (Lipinski definition) is 5. The van der Waals surface area contributed by atoms with Crippen LogP contribution in [0.4, 0.5) is 5.69 Å². The number of nitrogens with two attached hydrogens (primary N) is 1. The molecule has 1 heterocycles.